The Morgan fingerprint density at radius 2 is 1.81 bits per heavy atom. The number of amides is 1. The Balaban J connectivity index is 1.70. The molecule has 0 aliphatic heterocycles. The van der Waals surface area contributed by atoms with Gasteiger partial charge in [0.1, 0.15) is 17.3 Å². The molecule has 0 aliphatic carbocycles. The van der Waals surface area contributed by atoms with Crippen LogP contribution in [0.5, 0.6) is 5.75 Å². The van der Waals surface area contributed by atoms with Crippen LogP contribution in [0, 0.1) is 0 Å². The SMILES string of the molecule is COc1ccccc1NC(=O)c1cnc(Nc2cccc(C(C)=O)c2)cn1. The average Bonchev–Trinajstić information content (AvgIpc) is 2.69. The summed E-state index contributed by atoms with van der Waals surface area (Å²) >= 11 is 0. The molecule has 0 fully saturated rings. The minimum absolute atomic E-state index is 0.0203. The molecule has 0 atom stereocenters. The summed E-state index contributed by atoms with van der Waals surface area (Å²) in [4.78, 5) is 32.1. The predicted octanol–water partition coefficient (Wildman–Crippen LogP) is 3.68. The topological polar surface area (TPSA) is 93.2 Å². The van der Waals surface area contributed by atoms with Crippen molar-refractivity contribution in [1.29, 1.82) is 0 Å². The van der Waals surface area contributed by atoms with Crippen molar-refractivity contribution in [3.8, 4) is 5.75 Å². The summed E-state index contributed by atoms with van der Waals surface area (Å²) in [6.45, 7) is 1.51. The lowest BCUT2D eigenvalue weighted by Crippen LogP contribution is -2.14. The van der Waals surface area contributed by atoms with E-state index in [4.69, 9.17) is 4.74 Å². The molecule has 2 aromatic carbocycles. The van der Waals surface area contributed by atoms with Crippen molar-refractivity contribution in [3.63, 3.8) is 0 Å². The third kappa shape index (κ3) is 4.46. The summed E-state index contributed by atoms with van der Waals surface area (Å²) in [6.07, 6.45) is 2.83. The highest BCUT2D eigenvalue weighted by Crippen LogP contribution is 2.23. The molecule has 7 heteroatoms. The minimum Gasteiger partial charge on any atom is -0.495 e. The number of carbonyl (C=O) groups excluding carboxylic acids is 2. The molecule has 1 amide bonds. The number of Topliss-reactive ketones (excluding diaryl/α,β-unsaturated/α-hetero) is 1. The van der Waals surface area contributed by atoms with E-state index in [1.807, 2.05) is 12.1 Å². The maximum atomic E-state index is 12.3. The first-order valence-corrected chi connectivity index (χ1v) is 8.21. The third-order valence-electron chi connectivity index (χ3n) is 3.78. The van der Waals surface area contributed by atoms with E-state index < -0.39 is 5.91 Å². The number of methoxy groups -OCH3 is 1. The van der Waals surface area contributed by atoms with Crippen LogP contribution < -0.4 is 15.4 Å². The van der Waals surface area contributed by atoms with Crippen LogP contribution in [0.4, 0.5) is 17.2 Å². The van der Waals surface area contributed by atoms with Gasteiger partial charge in [0, 0.05) is 11.3 Å². The zero-order valence-electron chi connectivity index (χ0n) is 14.9. The van der Waals surface area contributed by atoms with Gasteiger partial charge in [-0.2, -0.15) is 0 Å². The van der Waals surface area contributed by atoms with E-state index in [1.165, 1.54) is 26.4 Å². The normalized spacial score (nSPS) is 10.1. The van der Waals surface area contributed by atoms with Gasteiger partial charge in [0.05, 0.1) is 25.2 Å². The predicted molar refractivity (Wildman–Crippen MR) is 103 cm³/mol. The van der Waals surface area contributed by atoms with E-state index in [0.29, 0.717) is 28.5 Å². The van der Waals surface area contributed by atoms with Gasteiger partial charge in [-0.1, -0.05) is 24.3 Å². The maximum absolute atomic E-state index is 12.3. The number of nitrogens with one attached hydrogen (secondary N) is 2. The molecule has 7 nitrogen and oxygen atoms in total. The van der Waals surface area contributed by atoms with Crippen LogP contribution in [-0.4, -0.2) is 28.8 Å². The Labute approximate surface area is 156 Å². The second-order valence-electron chi connectivity index (χ2n) is 5.70. The van der Waals surface area contributed by atoms with Crippen molar-refractivity contribution in [2.24, 2.45) is 0 Å². The van der Waals surface area contributed by atoms with Gasteiger partial charge in [-0.05, 0) is 31.2 Å². The van der Waals surface area contributed by atoms with Crippen molar-refractivity contribution < 1.29 is 14.3 Å². The van der Waals surface area contributed by atoms with E-state index in [0.717, 1.165) is 0 Å². The number of hydrogen-bond acceptors (Lipinski definition) is 6. The molecule has 136 valence electrons. The van der Waals surface area contributed by atoms with Gasteiger partial charge in [-0.3, -0.25) is 9.59 Å². The summed E-state index contributed by atoms with van der Waals surface area (Å²) in [5, 5.41) is 5.80. The number of aromatic nitrogens is 2. The molecule has 0 saturated carbocycles. The van der Waals surface area contributed by atoms with E-state index >= 15 is 0 Å². The molecule has 3 rings (SSSR count). The first kappa shape index (κ1) is 18.1. The molecule has 2 N–H and O–H groups in total. The fraction of sp³-hybridized carbons (Fsp3) is 0.100. The van der Waals surface area contributed by atoms with Crippen molar-refractivity contribution in [3.05, 3.63) is 72.2 Å². The Morgan fingerprint density at radius 3 is 2.52 bits per heavy atom. The van der Waals surface area contributed by atoms with Crippen molar-refractivity contribution in [2.45, 2.75) is 6.92 Å². The third-order valence-corrected chi connectivity index (χ3v) is 3.78. The standard InChI is InChI=1S/C20H18N4O3/c1-13(25)14-6-5-7-15(10-14)23-19-12-21-17(11-22-19)20(26)24-16-8-3-4-9-18(16)27-2/h3-12H,1-2H3,(H,22,23)(H,24,26). The fourth-order valence-corrected chi connectivity index (χ4v) is 2.41. The van der Waals surface area contributed by atoms with E-state index in [9.17, 15) is 9.59 Å². The zero-order valence-corrected chi connectivity index (χ0v) is 14.9. The summed E-state index contributed by atoms with van der Waals surface area (Å²) in [5.74, 6) is 0.609. The summed E-state index contributed by atoms with van der Waals surface area (Å²) < 4.78 is 5.21. The number of ether oxygens (including phenoxy) is 1. The van der Waals surface area contributed by atoms with Crippen molar-refractivity contribution >= 4 is 28.9 Å². The molecule has 1 aromatic heterocycles. The lowest BCUT2D eigenvalue weighted by Gasteiger charge is -2.10. The van der Waals surface area contributed by atoms with Crippen LogP contribution in [0.3, 0.4) is 0 Å². The highest BCUT2D eigenvalue weighted by Gasteiger charge is 2.11. The Hall–Kier alpha value is -3.74. The summed E-state index contributed by atoms with van der Waals surface area (Å²) in [5.41, 5.74) is 2.03. The molecule has 1 heterocycles. The Bertz CT molecular complexity index is 971. The Kier molecular flexibility index (Phi) is 5.41. The number of benzene rings is 2. The van der Waals surface area contributed by atoms with Crippen LogP contribution in [0.25, 0.3) is 0 Å². The van der Waals surface area contributed by atoms with Gasteiger partial charge >= 0.3 is 0 Å². The first-order valence-electron chi connectivity index (χ1n) is 8.21. The minimum atomic E-state index is -0.392. The molecule has 0 spiro atoms. The number of ketones is 1. The number of hydrogen-bond donors (Lipinski definition) is 2. The summed E-state index contributed by atoms with van der Waals surface area (Å²) in [7, 11) is 1.53. The highest BCUT2D eigenvalue weighted by molar-refractivity contribution is 6.03. The summed E-state index contributed by atoms with van der Waals surface area (Å²) in [6, 6.07) is 14.2. The van der Waals surface area contributed by atoms with Gasteiger partial charge in [0.2, 0.25) is 0 Å². The monoisotopic (exact) mass is 362 g/mol. The molecule has 3 aromatic rings. The number of carbonyl (C=O) groups is 2. The van der Waals surface area contributed by atoms with Crippen LogP contribution in [-0.2, 0) is 0 Å². The van der Waals surface area contributed by atoms with Crippen molar-refractivity contribution in [2.75, 3.05) is 17.7 Å². The van der Waals surface area contributed by atoms with E-state index in [1.54, 1.807) is 36.4 Å². The van der Waals surface area contributed by atoms with Crippen LogP contribution in [0.15, 0.2) is 60.9 Å². The second-order valence-corrected chi connectivity index (χ2v) is 5.70. The Morgan fingerprint density at radius 1 is 1.00 bits per heavy atom. The largest absolute Gasteiger partial charge is 0.495 e. The molecule has 27 heavy (non-hydrogen) atoms. The number of nitrogens with zero attached hydrogens (tertiary/aromatic N) is 2. The van der Waals surface area contributed by atoms with E-state index in [2.05, 4.69) is 20.6 Å². The van der Waals surface area contributed by atoms with Crippen LogP contribution in [0.1, 0.15) is 27.8 Å². The molecule has 0 bridgehead atoms. The highest BCUT2D eigenvalue weighted by atomic mass is 16.5. The maximum Gasteiger partial charge on any atom is 0.275 e. The van der Waals surface area contributed by atoms with Crippen molar-refractivity contribution in [1.82, 2.24) is 9.97 Å². The molecular formula is C20H18N4O3. The van der Waals surface area contributed by atoms with Gasteiger partial charge in [0.15, 0.2) is 5.78 Å². The molecular weight excluding hydrogens is 344 g/mol. The molecule has 0 unspecified atom stereocenters. The molecule has 0 radical (unpaired) electrons. The number of rotatable bonds is 6. The number of anilines is 3. The molecule has 0 aliphatic rings. The first-order chi connectivity index (χ1) is 13.1. The quantitative estimate of drug-likeness (QED) is 0.650. The average molecular weight is 362 g/mol. The number of para-hydroxylation sites is 2. The lowest BCUT2D eigenvalue weighted by atomic mass is 10.1. The van der Waals surface area contributed by atoms with Gasteiger partial charge in [-0.25, -0.2) is 9.97 Å². The zero-order chi connectivity index (χ0) is 19.2. The van der Waals surface area contributed by atoms with Crippen LogP contribution in [0.2, 0.25) is 0 Å². The van der Waals surface area contributed by atoms with Gasteiger partial charge in [-0.15, -0.1) is 0 Å². The lowest BCUT2D eigenvalue weighted by molar-refractivity contribution is 0.101. The van der Waals surface area contributed by atoms with Gasteiger partial charge in [0.25, 0.3) is 5.91 Å². The van der Waals surface area contributed by atoms with Crippen LogP contribution >= 0.6 is 0 Å². The smallest absolute Gasteiger partial charge is 0.275 e. The van der Waals surface area contributed by atoms with E-state index in [-0.39, 0.29) is 11.5 Å². The fourth-order valence-electron chi connectivity index (χ4n) is 2.41. The van der Waals surface area contributed by atoms with Gasteiger partial charge < -0.3 is 15.4 Å². The molecule has 0 saturated heterocycles. The second kappa shape index (κ2) is 8.09.